The van der Waals surface area contributed by atoms with Crippen LogP contribution in [0.3, 0.4) is 0 Å². The maximum atomic E-state index is 5.58. The molecule has 20 heavy (non-hydrogen) atoms. The lowest BCUT2D eigenvalue weighted by Crippen LogP contribution is -2.41. The highest BCUT2D eigenvalue weighted by Crippen LogP contribution is 2.13. The van der Waals surface area contributed by atoms with E-state index in [1.165, 1.54) is 16.3 Å². The van der Waals surface area contributed by atoms with E-state index in [-0.39, 0.29) is 0 Å². The van der Waals surface area contributed by atoms with Gasteiger partial charge >= 0.3 is 0 Å². The summed E-state index contributed by atoms with van der Waals surface area (Å²) < 4.78 is 5.58. The number of nitrogens with one attached hydrogen (secondary N) is 2. The summed E-state index contributed by atoms with van der Waals surface area (Å²) in [7, 11) is 1.80. The maximum Gasteiger partial charge on any atom is 0.191 e. The SMILES string of the molecule is CCc1cnc(CCNC(=NC)NCC2CCCO2)s1. The number of ether oxygens (including phenoxy) is 1. The van der Waals surface area contributed by atoms with Gasteiger partial charge in [0.1, 0.15) is 0 Å². The Hall–Kier alpha value is -1.14. The van der Waals surface area contributed by atoms with E-state index in [4.69, 9.17) is 4.74 Å². The molecule has 1 atom stereocenters. The lowest BCUT2D eigenvalue weighted by Gasteiger charge is -2.14. The van der Waals surface area contributed by atoms with E-state index < -0.39 is 0 Å². The van der Waals surface area contributed by atoms with Crippen molar-refractivity contribution >= 4 is 17.3 Å². The molecule has 5 nitrogen and oxygen atoms in total. The molecular formula is C14H24N4OS. The molecule has 0 amide bonds. The number of guanidine groups is 1. The van der Waals surface area contributed by atoms with Crippen molar-refractivity contribution in [3.8, 4) is 0 Å². The standard InChI is InChI=1S/C14H24N4OS/c1-3-12-10-17-13(20-12)6-7-16-14(15-2)18-9-11-5-4-8-19-11/h10-11H,3-9H2,1-2H3,(H2,15,16,18). The molecule has 1 unspecified atom stereocenters. The topological polar surface area (TPSA) is 58.5 Å². The molecular weight excluding hydrogens is 272 g/mol. The predicted octanol–water partition coefficient (Wildman–Crippen LogP) is 1.59. The summed E-state index contributed by atoms with van der Waals surface area (Å²) in [5.74, 6) is 0.841. The molecule has 2 rings (SSSR count). The van der Waals surface area contributed by atoms with E-state index in [0.717, 1.165) is 44.9 Å². The van der Waals surface area contributed by atoms with Gasteiger partial charge in [0.2, 0.25) is 0 Å². The molecule has 0 aliphatic carbocycles. The predicted molar refractivity (Wildman–Crippen MR) is 83.5 cm³/mol. The van der Waals surface area contributed by atoms with Crippen LogP contribution in [0.5, 0.6) is 0 Å². The van der Waals surface area contributed by atoms with Crippen LogP contribution in [0.4, 0.5) is 0 Å². The first-order valence-corrected chi connectivity index (χ1v) is 8.13. The number of aromatic nitrogens is 1. The van der Waals surface area contributed by atoms with Crippen molar-refractivity contribution < 1.29 is 4.74 Å². The second-order valence-corrected chi connectivity index (χ2v) is 6.04. The van der Waals surface area contributed by atoms with Crippen LogP contribution >= 0.6 is 11.3 Å². The van der Waals surface area contributed by atoms with E-state index in [0.29, 0.717) is 6.10 Å². The number of hydrogen-bond donors (Lipinski definition) is 2. The molecule has 1 fully saturated rings. The van der Waals surface area contributed by atoms with Gasteiger partial charge in [-0.2, -0.15) is 0 Å². The van der Waals surface area contributed by atoms with Crippen LogP contribution in [0.25, 0.3) is 0 Å². The van der Waals surface area contributed by atoms with Gasteiger partial charge in [-0.25, -0.2) is 4.98 Å². The Morgan fingerprint density at radius 1 is 1.55 bits per heavy atom. The Morgan fingerprint density at radius 3 is 3.10 bits per heavy atom. The number of thiazole rings is 1. The third-order valence-corrected chi connectivity index (χ3v) is 4.53. The lowest BCUT2D eigenvalue weighted by molar-refractivity contribution is 0.114. The van der Waals surface area contributed by atoms with Gasteiger partial charge in [-0.1, -0.05) is 6.92 Å². The summed E-state index contributed by atoms with van der Waals surface area (Å²) in [6.45, 7) is 4.73. The summed E-state index contributed by atoms with van der Waals surface area (Å²) in [5, 5.41) is 7.81. The Labute approximate surface area is 124 Å². The van der Waals surface area contributed by atoms with Crippen molar-refractivity contribution in [1.29, 1.82) is 0 Å². The molecule has 1 saturated heterocycles. The molecule has 1 aliphatic heterocycles. The van der Waals surface area contributed by atoms with Crippen molar-refractivity contribution in [3.63, 3.8) is 0 Å². The Morgan fingerprint density at radius 2 is 2.45 bits per heavy atom. The number of nitrogens with zero attached hydrogens (tertiary/aromatic N) is 2. The fraction of sp³-hybridized carbons (Fsp3) is 0.714. The van der Waals surface area contributed by atoms with Gasteiger partial charge in [0, 0.05) is 44.2 Å². The van der Waals surface area contributed by atoms with Gasteiger partial charge in [0.15, 0.2) is 5.96 Å². The summed E-state index contributed by atoms with van der Waals surface area (Å²) in [5.41, 5.74) is 0. The van der Waals surface area contributed by atoms with Crippen molar-refractivity contribution in [3.05, 3.63) is 16.1 Å². The van der Waals surface area contributed by atoms with E-state index in [2.05, 4.69) is 27.5 Å². The Bertz CT molecular complexity index is 427. The molecule has 1 aliphatic rings. The second kappa shape index (κ2) is 8.21. The highest BCUT2D eigenvalue weighted by atomic mass is 32.1. The van der Waals surface area contributed by atoms with Gasteiger partial charge in [-0.3, -0.25) is 4.99 Å². The first-order chi connectivity index (χ1) is 9.81. The fourth-order valence-electron chi connectivity index (χ4n) is 2.15. The van der Waals surface area contributed by atoms with E-state index >= 15 is 0 Å². The molecule has 1 aromatic heterocycles. The average molecular weight is 296 g/mol. The quantitative estimate of drug-likeness (QED) is 0.618. The Balaban J connectivity index is 1.65. The van der Waals surface area contributed by atoms with E-state index in [9.17, 15) is 0 Å². The van der Waals surface area contributed by atoms with E-state index in [1.807, 2.05) is 6.20 Å². The van der Waals surface area contributed by atoms with Gasteiger partial charge in [-0.15, -0.1) is 11.3 Å². The lowest BCUT2D eigenvalue weighted by atomic mass is 10.2. The van der Waals surface area contributed by atoms with Gasteiger partial charge in [-0.05, 0) is 19.3 Å². The highest BCUT2D eigenvalue weighted by Gasteiger charge is 2.15. The molecule has 0 aromatic carbocycles. The zero-order valence-electron chi connectivity index (χ0n) is 12.3. The van der Waals surface area contributed by atoms with E-state index in [1.54, 1.807) is 18.4 Å². The summed E-state index contributed by atoms with van der Waals surface area (Å²) in [4.78, 5) is 9.99. The monoisotopic (exact) mass is 296 g/mol. The zero-order valence-corrected chi connectivity index (χ0v) is 13.1. The van der Waals surface area contributed by atoms with Crippen molar-refractivity contribution in [2.45, 2.75) is 38.7 Å². The molecule has 6 heteroatoms. The molecule has 0 radical (unpaired) electrons. The van der Waals surface area contributed by atoms with Crippen molar-refractivity contribution in [1.82, 2.24) is 15.6 Å². The highest BCUT2D eigenvalue weighted by molar-refractivity contribution is 7.11. The van der Waals surface area contributed by atoms with Crippen LogP contribution in [0.15, 0.2) is 11.2 Å². The normalized spacial score (nSPS) is 19.3. The molecule has 1 aromatic rings. The number of rotatable bonds is 6. The van der Waals surface area contributed by atoms with Crippen molar-refractivity contribution in [2.24, 2.45) is 4.99 Å². The summed E-state index contributed by atoms with van der Waals surface area (Å²) in [6, 6.07) is 0. The first-order valence-electron chi connectivity index (χ1n) is 7.31. The van der Waals surface area contributed by atoms with Crippen LogP contribution in [0.2, 0.25) is 0 Å². The number of aryl methyl sites for hydroxylation is 1. The Kier molecular flexibility index (Phi) is 6.26. The zero-order chi connectivity index (χ0) is 14.2. The molecule has 112 valence electrons. The first kappa shape index (κ1) is 15.3. The minimum absolute atomic E-state index is 0.333. The summed E-state index contributed by atoms with van der Waals surface area (Å²) in [6.07, 6.45) is 6.62. The molecule has 0 bridgehead atoms. The van der Waals surface area contributed by atoms with Crippen molar-refractivity contribution in [2.75, 3.05) is 26.7 Å². The smallest absolute Gasteiger partial charge is 0.191 e. The minimum Gasteiger partial charge on any atom is -0.376 e. The third-order valence-electron chi connectivity index (χ3n) is 3.33. The van der Waals surface area contributed by atoms with Gasteiger partial charge < -0.3 is 15.4 Å². The average Bonchev–Trinajstić information content (AvgIpc) is 3.13. The largest absolute Gasteiger partial charge is 0.376 e. The van der Waals surface area contributed by atoms with Crippen LogP contribution in [0, 0.1) is 0 Å². The summed E-state index contributed by atoms with van der Waals surface area (Å²) >= 11 is 1.79. The van der Waals surface area contributed by atoms with Gasteiger partial charge in [0.05, 0.1) is 11.1 Å². The maximum absolute atomic E-state index is 5.58. The minimum atomic E-state index is 0.333. The van der Waals surface area contributed by atoms with Gasteiger partial charge in [0.25, 0.3) is 0 Å². The number of aliphatic imine (C=N–C) groups is 1. The number of hydrogen-bond acceptors (Lipinski definition) is 4. The molecule has 0 spiro atoms. The third kappa shape index (κ3) is 4.76. The molecule has 0 saturated carbocycles. The van der Waals surface area contributed by atoms with Crippen LogP contribution in [-0.4, -0.2) is 43.8 Å². The van der Waals surface area contributed by atoms with Crippen LogP contribution in [-0.2, 0) is 17.6 Å². The van der Waals surface area contributed by atoms with Crippen LogP contribution < -0.4 is 10.6 Å². The second-order valence-electron chi connectivity index (χ2n) is 4.84. The molecule has 2 N–H and O–H groups in total. The van der Waals surface area contributed by atoms with Crippen LogP contribution in [0.1, 0.15) is 29.7 Å². The fourth-order valence-corrected chi connectivity index (χ4v) is 3.01. The molecule has 2 heterocycles.